The minimum Gasteiger partial charge on any atom is -0.347 e. The fraction of sp³-hybridized carbons (Fsp3) is 0.400. The Labute approximate surface area is 118 Å². The van der Waals surface area contributed by atoms with Crippen molar-refractivity contribution in [3.63, 3.8) is 0 Å². The molecular formula is C15H19ClN2O. The summed E-state index contributed by atoms with van der Waals surface area (Å²) in [4.78, 5) is 12.4. The number of hydrogen-bond acceptors (Lipinski definition) is 2. The van der Waals surface area contributed by atoms with E-state index in [1.165, 1.54) is 0 Å². The van der Waals surface area contributed by atoms with Crippen LogP contribution >= 0.6 is 11.6 Å². The molecule has 0 amide bonds. The highest BCUT2D eigenvalue weighted by molar-refractivity contribution is 6.31. The lowest BCUT2D eigenvalue weighted by atomic mass is 10.1. The van der Waals surface area contributed by atoms with Gasteiger partial charge in [-0.3, -0.25) is 4.79 Å². The van der Waals surface area contributed by atoms with Crippen LogP contribution in [0.4, 0.5) is 0 Å². The first kappa shape index (κ1) is 14.1. The first-order valence-corrected chi connectivity index (χ1v) is 6.80. The lowest BCUT2D eigenvalue weighted by molar-refractivity contribution is 0.0989. The fourth-order valence-corrected chi connectivity index (χ4v) is 2.44. The quantitative estimate of drug-likeness (QED) is 0.871. The molecule has 1 heterocycles. The summed E-state index contributed by atoms with van der Waals surface area (Å²) in [7, 11) is 1.96. The van der Waals surface area contributed by atoms with Crippen molar-refractivity contribution >= 4 is 28.3 Å². The Bertz CT molecular complexity index is 629. The summed E-state index contributed by atoms with van der Waals surface area (Å²) < 4.78 is 2.02. The number of benzene rings is 1. The normalized spacial score (nSPS) is 11.5. The van der Waals surface area contributed by atoms with Gasteiger partial charge in [0.25, 0.3) is 0 Å². The monoisotopic (exact) mass is 278 g/mol. The number of ketones is 1. The Morgan fingerprint density at radius 3 is 2.74 bits per heavy atom. The predicted octanol–water partition coefficient (Wildman–Crippen LogP) is 3.32. The second-order valence-corrected chi connectivity index (χ2v) is 5.58. The van der Waals surface area contributed by atoms with Crippen LogP contribution in [0, 0.1) is 6.92 Å². The van der Waals surface area contributed by atoms with Gasteiger partial charge in [0.2, 0.25) is 0 Å². The molecule has 19 heavy (non-hydrogen) atoms. The average Bonchev–Trinajstić information content (AvgIpc) is 2.60. The number of nitrogens with one attached hydrogen (secondary N) is 1. The summed E-state index contributed by atoms with van der Waals surface area (Å²) in [6, 6.07) is 5.95. The van der Waals surface area contributed by atoms with Crippen LogP contribution in [-0.4, -0.2) is 22.9 Å². The van der Waals surface area contributed by atoms with Crippen LogP contribution in [0.1, 0.15) is 29.9 Å². The molecule has 0 radical (unpaired) electrons. The maximum atomic E-state index is 12.4. The smallest absolute Gasteiger partial charge is 0.179 e. The Kier molecular flexibility index (Phi) is 3.97. The van der Waals surface area contributed by atoms with Gasteiger partial charge < -0.3 is 9.88 Å². The molecule has 0 aliphatic heterocycles. The number of aryl methyl sites for hydroxylation is 1. The van der Waals surface area contributed by atoms with E-state index in [2.05, 4.69) is 5.32 Å². The van der Waals surface area contributed by atoms with E-state index >= 15 is 0 Å². The number of halogens is 1. The van der Waals surface area contributed by atoms with E-state index in [-0.39, 0.29) is 5.78 Å². The van der Waals surface area contributed by atoms with Gasteiger partial charge in [-0.2, -0.15) is 0 Å². The zero-order valence-corrected chi connectivity index (χ0v) is 12.5. The standard InChI is InChI=1S/C15H19ClN2O/c1-9(2)17-8-14(19)15-10(3)18(4)13-7-11(16)5-6-12(13)15/h5-7,9,17H,8H2,1-4H3. The van der Waals surface area contributed by atoms with E-state index in [9.17, 15) is 4.79 Å². The van der Waals surface area contributed by atoms with Crippen LogP contribution in [0.5, 0.6) is 0 Å². The van der Waals surface area contributed by atoms with Crippen LogP contribution in [0.25, 0.3) is 10.9 Å². The van der Waals surface area contributed by atoms with Gasteiger partial charge in [-0.05, 0) is 19.1 Å². The second-order valence-electron chi connectivity index (χ2n) is 5.14. The molecule has 102 valence electrons. The molecule has 0 unspecified atom stereocenters. The SMILES string of the molecule is Cc1c(C(=O)CNC(C)C)c2ccc(Cl)cc2n1C. The number of rotatable bonds is 4. The highest BCUT2D eigenvalue weighted by atomic mass is 35.5. The third-order valence-electron chi connectivity index (χ3n) is 3.41. The highest BCUT2D eigenvalue weighted by Crippen LogP contribution is 2.27. The predicted molar refractivity (Wildman–Crippen MR) is 80.1 cm³/mol. The summed E-state index contributed by atoms with van der Waals surface area (Å²) >= 11 is 6.02. The van der Waals surface area contributed by atoms with Crippen LogP contribution in [-0.2, 0) is 7.05 Å². The van der Waals surface area contributed by atoms with Crippen LogP contribution in [0.3, 0.4) is 0 Å². The molecule has 4 heteroatoms. The maximum absolute atomic E-state index is 12.4. The zero-order chi connectivity index (χ0) is 14.2. The van der Waals surface area contributed by atoms with Crippen molar-refractivity contribution in [1.29, 1.82) is 0 Å². The summed E-state index contributed by atoms with van der Waals surface area (Å²) in [6.07, 6.45) is 0. The van der Waals surface area contributed by atoms with Crippen molar-refractivity contribution in [2.24, 2.45) is 7.05 Å². The van der Waals surface area contributed by atoms with Gasteiger partial charge in [0.05, 0.1) is 12.1 Å². The van der Waals surface area contributed by atoms with Crippen LogP contribution in [0.2, 0.25) is 5.02 Å². The zero-order valence-electron chi connectivity index (χ0n) is 11.7. The Morgan fingerprint density at radius 1 is 1.42 bits per heavy atom. The average molecular weight is 279 g/mol. The molecule has 1 N–H and O–H groups in total. The highest BCUT2D eigenvalue weighted by Gasteiger charge is 2.18. The van der Waals surface area contributed by atoms with Gasteiger partial charge >= 0.3 is 0 Å². The number of carbonyl (C=O) groups excluding carboxylic acids is 1. The Morgan fingerprint density at radius 2 is 2.11 bits per heavy atom. The largest absolute Gasteiger partial charge is 0.347 e. The molecular weight excluding hydrogens is 260 g/mol. The van der Waals surface area contributed by atoms with E-state index in [1.54, 1.807) is 0 Å². The van der Waals surface area contributed by atoms with Gasteiger partial charge in [0, 0.05) is 34.8 Å². The number of nitrogens with zero attached hydrogens (tertiary/aromatic N) is 1. The van der Waals surface area contributed by atoms with Crippen LogP contribution < -0.4 is 5.32 Å². The minimum absolute atomic E-state index is 0.124. The number of Topliss-reactive ketones (excluding diaryl/α,β-unsaturated/α-hetero) is 1. The lowest BCUT2D eigenvalue weighted by Gasteiger charge is -2.07. The first-order valence-electron chi connectivity index (χ1n) is 6.43. The molecule has 0 saturated carbocycles. The van der Waals surface area contributed by atoms with Crippen molar-refractivity contribution in [3.8, 4) is 0 Å². The number of fused-ring (bicyclic) bond motifs is 1. The fourth-order valence-electron chi connectivity index (χ4n) is 2.27. The number of carbonyl (C=O) groups is 1. The molecule has 2 aromatic rings. The molecule has 2 rings (SSSR count). The lowest BCUT2D eigenvalue weighted by Crippen LogP contribution is -2.29. The maximum Gasteiger partial charge on any atom is 0.179 e. The summed E-state index contributed by atoms with van der Waals surface area (Å²) in [5.41, 5.74) is 2.77. The van der Waals surface area contributed by atoms with E-state index in [1.807, 2.05) is 50.6 Å². The van der Waals surface area contributed by atoms with Gasteiger partial charge in [-0.25, -0.2) is 0 Å². The van der Waals surface area contributed by atoms with Gasteiger partial charge in [0.1, 0.15) is 0 Å². The summed E-state index contributed by atoms with van der Waals surface area (Å²) in [5.74, 6) is 0.124. The third kappa shape index (κ3) is 2.67. The molecule has 0 spiro atoms. The molecule has 0 aliphatic carbocycles. The van der Waals surface area contributed by atoms with Gasteiger partial charge in [-0.15, -0.1) is 0 Å². The van der Waals surface area contributed by atoms with Gasteiger partial charge in [0.15, 0.2) is 5.78 Å². The van der Waals surface area contributed by atoms with Crippen molar-refractivity contribution < 1.29 is 4.79 Å². The second kappa shape index (κ2) is 5.35. The van der Waals surface area contributed by atoms with Crippen molar-refractivity contribution in [2.45, 2.75) is 26.8 Å². The van der Waals surface area contributed by atoms with Crippen molar-refractivity contribution in [2.75, 3.05) is 6.54 Å². The summed E-state index contributed by atoms with van der Waals surface area (Å²) in [5, 5.41) is 4.83. The molecule has 0 atom stereocenters. The molecule has 1 aromatic heterocycles. The third-order valence-corrected chi connectivity index (χ3v) is 3.64. The summed E-state index contributed by atoms with van der Waals surface area (Å²) in [6.45, 7) is 6.39. The first-order chi connectivity index (χ1) is 8.91. The molecule has 0 bridgehead atoms. The topological polar surface area (TPSA) is 34.0 Å². The Hall–Kier alpha value is -1.32. The van der Waals surface area contributed by atoms with Crippen molar-refractivity contribution in [3.05, 3.63) is 34.5 Å². The van der Waals surface area contributed by atoms with E-state index in [0.29, 0.717) is 17.6 Å². The van der Waals surface area contributed by atoms with Crippen molar-refractivity contribution in [1.82, 2.24) is 9.88 Å². The Balaban J connectivity index is 2.48. The molecule has 0 fully saturated rings. The van der Waals surface area contributed by atoms with Crippen LogP contribution in [0.15, 0.2) is 18.2 Å². The van der Waals surface area contributed by atoms with E-state index in [0.717, 1.165) is 22.2 Å². The van der Waals surface area contributed by atoms with E-state index in [4.69, 9.17) is 11.6 Å². The molecule has 3 nitrogen and oxygen atoms in total. The molecule has 1 aromatic carbocycles. The van der Waals surface area contributed by atoms with E-state index < -0.39 is 0 Å². The molecule has 0 saturated heterocycles. The minimum atomic E-state index is 0.124. The number of aromatic nitrogens is 1. The number of hydrogen-bond donors (Lipinski definition) is 1. The molecule has 0 aliphatic rings. The van der Waals surface area contributed by atoms with Gasteiger partial charge in [-0.1, -0.05) is 31.5 Å².